The van der Waals surface area contributed by atoms with E-state index in [0.29, 0.717) is 23.4 Å². The molecule has 0 aliphatic heterocycles. The third-order valence-corrected chi connectivity index (χ3v) is 13.1. The molecule has 0 N–H and O–H groups in total. The van der Waals surface area contributed by atoms with E-state index in [1.807, 2.05) is 60.7 Å². The van der Waals surface area contributed by atoms with Crippen molar-refractivity contribution in [3.05, 3.63) is 230 Å². The third-order valence-electron chi connectivity index (χ3n) is 13.1. The van der Waals surface area contributed by atoms with Crippen LogP contribution >= 0.6 is 0 Å². The van der Waals surface area contributed by atoms with Crippen LogP contribution in [0.4, 0.5) is 0 Å². The van der Waals surface area contributed by atoms with Crippen molar-refractivity contribution in [2.75, 3.05) is 0 Å². The zero-order valence-electron chi connectivity index (χ0n) is 36.9. The van der Waals surface area contributed by atoms with Crippen molar-refractivity contribution in [1.82, 2.24) is 34.1 Å². The van der Waals surface area contributed by atoms with Crippen LogP contribution in [0.5, 0.6) is 0 Å². The van der Waals surface area contributed by atoms with Crippen LogP contribution in [0.1, 0.15) is 17.7 Å². The van der Waals surface area contributed by atoms with Crippen molar-refractivity contribution in [3.63, 3.8) is 0 Å². The summed E-state index contributed by atoms with van der Waals surface area (Å²) in [7, 11) is 0. The SMILES string of the molecule is C1=Cc2c(c3c4c5ccccc5n(-c5ccc(-c6nc(-c7ccccc7)cc(-c7ccccc7)n6)cc5)c4ccc3n2-c2nc(-c3ccccc3)nc(-c3cccc(-c4ccccc4)c3)n2)CC1. The van der Waals surface area contributed by atoms with Gasteiger partial charge < -0.3 is 4.57 Å². The second-order valence-electron chi connectivity index (χ2n) is 17.2. The van der Waals surface area contributed by atoms with Crippen LogP contribution < -0.4 is 0 Å². The van der Waals surface area contributed by atoms with Crippen LogP contribution in [0.2, 0.25) is 0 Å². The zero-order chi connectivity index (χ0) is 45.0. The Morgan fingerprint density at radius 2 is 0.882 bits per heavy atom. The van der Waals surface area contributed by atoms with Gasteiger partial charge in [-0.3, -0.25) is 4.57 Å². The van der Waals surface area contributed by atoms with E-state index in [1.165, 1.54) is 21.7 Å². The maximum atomic E-state index is 5.33. The summed E-state index contributed by atoms with van der Waals surface area (Å²) in [5.74, 6) is 2.52. The van der Waals surface area contributed by atoms with Gasteiger partial charge in [0.05, 0.1) is 33.6 Å². The monoisotopic (exact) mass is 871 g/mol. The van der Waals surface area contributed by atoms with Gasteiger partial charge in [0.1, 0.15) is 0 Å². The summed E-state index contributed by atoms with van der Waals surface area (Å²) >= 11 is 0. The standard InChI is InChI=1S/C61H41N7/c1-5-18-40(19-6-1)45-26-17-27-46(38-45)60-64-59(43-24-11-4-12-25-43)65-61(66-60)68-53-31-16-14-29-49(53)57-55(68)37-36-54-56(57)48-28-13-15-30-52(48)67(54)47-34-32-44(33-35-47)58-62-50(41-20-7-2-8-21-41)39-51(63-58)42-22-9-3-10-23-42/h1-13,15-28,30-39H,14,29H2. The molecule has 13 rings (SSSR count). The highest BCUT2D eigenvalue weighted by Crippen LogP contribution is 2.43. The molecule has 0 bridgehead atoms. The molecule has 0 unspecified atom stereocenters. The minimum Gasteiger partial charge on any atom is -0.309 e. The van der Waals surface area contributed by atoms with E-state index >= 15 is 0 Å². The minimum atomic E-state index is 0.587. The molecule has 1 aliphatic carbocycles. The van der Waals surface area contributed by atoms with Crippen LogP contribution in [0, 0.1) is 0 Å². The minimum absolute atomic E-state index is 0.587. The first-order valence-corrected chi connectivity index (χ1v) is 23.1. The van der Waals surface area contributed by atoms with Crippen LogP contribution in [-0.2, 0) is 6.42 Å². The quantitative estimate of drug-likeness (QED) is 0.152. The zero-order valence-corrected chi connectivity index (χ0v) is 36.9. The number of para-hydroxylation sites is 1. The largest absolute Gasteiger partial charge is 0.309 e. The number of aromatic nitrogens is 7. The van der Waals surface area contributed by atoms with Crippen molar-refractivity contribution >= 4 is 38.8 Å². The molecule has 1 aliphatic rings. The molecule has 12 aromatic rings. The first-order valence-electron chi connectivity index (χ1n) is 23.1. The summed E-state index contributed by atoms with van der Waals surface area (Å²) in [5, 5.41) is 3.63. The first-order chi connectivity index (χ1) is 33.7. The molecule has 0 fully saturated rings. The number of benzene rings is 8. The molecule has 0 radical (unpaired) electrons. The number of nitrogens with zero attached hydrogens (tertiary/aromatic N) is 7. The Balaban J connectivity index is 0.978. The van der Waals surface area contributed by atoms with E-state index in [4.69, 9.17) is 24.9 Å². The summed E-state index contributed by atoms with van der Waals surface area (Å²) in [6.45, 7) is 0. The summed E-state index contributed by atoms with van der Waals surface area (Å²) in [4.78, 5) is 26.0. The van der Waals surface area contributed by atoms with Crippen molar-refractivity contribution in [1.29, 1.82) is 0 Å². The average molecular weight is 872 g/mol. The Labute approximate surface area is 393 Å². The molecular weight excluding hydrogens is 831 g/mol. The summed E-state index contributed by atoms with van der Waals surface area (Å²) in [5.41, 5.74) is 15.7. The molecule has 7 heteroatoms. The smallest absolute Gasteiger partial charge is 0.238 e. The van der Waals surface area contributed by atoms with Gasteiger partial charge >= 0.3 is 0 Å². The Kier molecular flexibility index (Phi) is 9.49. The van der Waals surface area contributed by atoms with Gasteiger partial charge in [-0.2, -0.15) is 9.97 Å². The molecule has 0 saturated heterocycles. The van der Waals surface area contributed by atoms with E-state index in [0.717, 1.165) is 91.1 Å². The fourth-order valence-corrected chi connectivity index (χ4v) is 9.91. The number of rotatable bonds is 8. The molecule has 0 amide bonds. The predicted molar refractivity (Wildman–Crippen MR) is 277 cm³/mol. The molecule has 0 atom stereocenters. The third kappa shape index (κ3) is 6.79. The molecular formula is C61H41N7. The maximum absolute atomic E-state index is 5.33. The van der Waals surface area contributed by atoms with E-state index in [1.54, 1.807) is 0 Å². The Morgan fingerprint density at radius 3 is 1.56 bits per heavy atom. The number of hydrogen-bond donors (Lipinski definition) is 0. The van der Waals surface area contributed by atoms with Crippen molar-refractivity contribution in [3.8, 4) is 79.4 Å². The fraction of sp³-hybridized carbons (Fsp3) is 0.0328. The number of fused-ring (bicyclic) bond motifs is 7. The highest BCUT2D eigenvalue weighted by molar-refractivity contribution is 6.22. The lowest BCUT2D eigenvalue weighted by atomic mass is 9.98. The lowest BCUT2D eigenvalue weighted by Crippen LogP contribution is -2.08. The van der Waals surface area contributed by atoms with Gasteiger partial charge in [-0.1, -0.05) is 164 Å². The van der Waals surface area contributed by atoms with Crippen LogP contribution in [-0.4, -0.2) is 34.1 Å². The molecule has 8 aromatic carbocycles. The van der Waals surface area contributed by atoms with Gasteiger partial charge in [-0.05, 0) is 90.2 Å². The summed E-state index contributed by atoms with van der Waals surface area (Å²) < 4.78 is 4.65. The average Bonchev–Trinajstić information content (AvgIpc) is 3.95. The van der Waals surface area contributed by atoms with E-state index in [-0.39, 0.29) is 0 Å². The predicted octanol–water partition coefficient (Wildman–Crippen LogP) is 14.7. The Morgan fingerprint density at radius 1 is 0.353 bits per heavy atom. The van der Waals surface area contributed by atoms with Gasteiger partial charge in [-0.25, -0.2) is 15.0 Å². The number of allylic oxidation sites excluding steroid dienone is 1. The lowest BCUT2D eigenvalue weighted by Gasteiger charge is -2.13. The van der Waals surface area contributed by atoms with Crippen LogP contribution in [0.15, 0.2) is 218 Å². The number of aryl methyl sites for hydroxylation is 1. The molecule has 68 heavy (non-hydrogen) atoms. The van der Waals surface area contributed by atoms with Gasteiger partial charge in [0, 0.05) is 49.7 Å². The van der Waals surface area contributed by atoms with Gasteiger partial charge in [0.15, 0.2) is 17.5 Å². The molecule has 320 valence electrons. The molecule has 4 heterocycles. The Bertz CT molecular complexity index is 3820. The van der Waals surface area contributed by atoms with Crippen LogP contribution in [0.25, 0.3) is 118 Å². The van der Waals surface area contributed by atoms with Crippen molar-refractivity contribution < 1.29 is 0 Å². The van der Waals surface area contributed by atoms with Crippen LogP contribution in [0.3, 0.4) is 0 Å². The topological polar surface area (TPSA) is 74.3 Å². The van der Waals surface area contributed by atoms with Gasteiger partial charge in [0.25, 0.3) is 0 Å². The van der Waals surface area contributed by atoms with E-state index in [2.05, 4.69) is 173 Å². The van der Waals surface area contributed by atoms with E-state index in [9.17, 15) is 0 Å². The molecule has 0 saturated carbocycles. The van der Waals surface area contributed by atoms with Crippen molar-refractivity contribution in [2.24, 2.45) is 0 Å². The fourth-order valence-electron chi connectivity index (χ4n) is 9.91. The second kappa shape index (κ2) is 16.4. The highest BCUT2D eigenvalue weighted by Gasteiger charge is 2.26. The highest BCUT2D eigenvalue weighted by atomic mass is 15.2. The first kappa shape index (κ1) is 39.3. The molecule has 7 nitrogen and oxygen atoms in total. The second-order valence-corrected chi connectivity index (χ2v) is 17.2. The molecule has 4 aromatic heterocycles. The van der Waals surface area contributed by atoms with E-state index < -0.39 is 0 Å². The van der Waals surface area contributed by atoms with Gasteiger partial charge in [-0.15, -0.1) is 0 Å². The van der Waals surface area contributed by atoms with Crippen molar-refractivity contribution in [2.45, 2.75) is 12.8 Å². The maximum Gasteiger partial charge on any atom is 0.238 e. The Hall–Kier alpha value is -9.07. The normalized spacial score (nSPS) is 12.2. The number of hydrogen-bond acceptors (Lipinski definition) is 5. The summed E-state index contributed by atoms with van der Waals surface area (Å²) in [6.07, 6.45) is 6.37. The summed E-state index contributed by atoms with van der Waals surface area (Å²) in [6, 6.07) is 73.8. The van der Waals surface area contributed by atoms with Gasteiger partial charge in [0.2, 0.25) is 5.95 Å². The molecule has 0 spiro atoms. The lowest BCUT2D eigenvalue weighted by molar-refractivity contribution is 0.902.